The molecule has 0 N–H and O–H groups in total. The Bertz CT molecular complexity index is 298. The van der Waals surface area contributed by atoms with Crippen molar-refractivity contribution in [2.75, 3.05) is 7.11 Å². The Labute approximate surface area is 117 Å². The molecular weight excluding hydrogens is 240 g/mol. The zero-order valence-corrected chi connectivity index (χ0v) is 12.6. The molecular formula is C16H28O3. The second-order valence-electron chi connectivity index (χ2n) is 5.76. The first-order chi connectivity index (χ1) is 9.13. The summed E-state index contributed by atoms with van der Waals surface area (Å²) < 4.78 is 4.81. The Morgan fingerprint density at radius 2 is 2.00 bits per heavy atom. The van der Waals surface area contributed by atoms with Crippen LogP contribution in [0, 0.1) is 17.8 Å². The van der Waals surface area contributed by atoms with Gasteiger partial charge in [0.2, 0.25) is 0 Å². The monoisotopic (exact) mass is 268 g/mol. The lowest BCUT2D eigenvalue weighted by molar-refractivity contribution is -0.151. The van der Waals surface area contributed by atoms with Crippen LogP contribution in [0.2, 0.25) is 0 Å². The van der Waals surface area contributed by atoms with Crippen LogP contribution in [0.4, 0.5) is 0 Å². The number of hydrogen-bond donors (Lipinski definition) is 0. The van der Waals surface area contributed by atoms with Crippen molar-refractivity contribution in [2.45, 2.75) is 65.2 Å². The van der Waals surface area contributed by atoms with E-state index in [-0.39, 0.29) is 17.7 Å². The van der Waals surface area contributed by atoms with E-state index in [2.05, 4.69) is 13.8 Å². The maximum absolute atomic E-state index is 12.6. The van der Waals surface area contributed by atoms with Crippen LogP contribution in [0.5, 0.6) is 0 Å². The maximum atomic E-state index is 12.6. The molecule has 3 unspecified atom stereocenters. The van der Waals surface area contributed by atoms with Crippen LogP contribution >= 0.6 is 0 Å². The van der Waals surface area contributed by atoms with Gasteiger partial charge in [0.05, 0.1) is 7.11 Å². The van der Waals surface area contributed by atoms with Crippen LogP contribution < -0.4 is 0 Å². The number of ketones is 1. The summed E-state index contributed by atoms with van der Waals surface area (Å²) in [4.78, 5) is 24.4. The highest BCUT2D eigenvalue weighted by molar-refractivity contribution is 6.00. The first-order valence-corrected chi connectivity index (χ1v) is 7.75. The fraction of sp³-hybridized carbons (Fsp3) is 0.875. The lowest BCUT2D eigenvalue weighted by atomic mass is 9.75. The van der Waals surface area contributed by atoms with Gasteiger partial charge >= 0.3 is 5.97 Å². The van der Waals surface area contributed by atoms with Crippen LogP contribution in [0.15, 0.2) is 0 Å². The maximum Gasteiger partial charge on any atom is 0.316 e. The Hall–Kier alpha value is -0.860. The van der Waals surface area contributed by atoms with Crippen LogP contribution in [0.3, 0.4) is 0 Å². The zero-order chi connectivity index (χ0) is 14.3. The Kier molecular flexibility index (Phi) is 7.11. The molecule has 1 saturated carbocycles. The lowest BCUT2D eigenvalue weighted by Crippen LogP contribution is -2.33. The summed E-state index contributed by atoms with van der Waals surface area (Å²) in [6.45, 7) is 4.26. The highest BCUT2D eigenvalue weighted by Gasteiger charge is 2.34. The molecule has 19 heavy (non-hydrogen) atoms. The van der Waals surface area contributed by atoms with Gasteiger partial charge in [-0.2, -0.15) is 0 Å². The minimum atomic E-state index is -0.523. The van der Waals surface area contributed by atoms with Crippen molar-refractivity contribution < 1.29 is 14.3 Å². The van der Waals surface area contributed by atoms with Crippen molar-refractivity contribution in [3.8, 4) is 0 Å². The molecule has 0 spiro atoms. The average molecular weight is 268 g/mol. The van der Waals surface area contributed by atoms with Crippen molar-refractivity contribution in [3.63, 3.8) is 0 Å². The molecule has 0 aromatic rings. The smallest absolute Gasteiger partial charge is 0.316 e. The van der Waals surface area contributed by atoms with Crippen molar-refractivity contribution in [2.24, 2.45) is 17.8 Å². The van der Waals surface area contributed by atoms with E-state index in [4.69, 9.17) is 4.74 Å². The predicted octanol–water partition coefficient (Wildman–Crippen LogP) is 3.75. The number of Topliss-reactive ketones (excluding diaryl/α,β-unsaturated/α-hetero) is 1. The average Bonchev–Trinajstić information content (AvgIpc) is 2.47. The van der Waals surface area contributed by atoms with Crippen molar-refractivity contribution in [3.05, 3.63) is 0 Å². The van der Waals surface area contributed by atoms with Crippen LogP contribution in [-0.4, -0.2) is 18.9 Å². The van der Waals surface area contributed by atoms with Gasteiger partial charge in [0.25, 0.3) is 0 Å². The Balaban J connectivity index is 2.66. The number of ether oxygens (including phenoxy) is 1. The number of rotatable bonds is 7. The largest absolute Gasteiger partial charge is 0.468 e. The van der Waals surface area contributed by atoms with Crippen LogP contribution in [-0.2, 0) is 14.3 Å². The fourth-order valence-electron chi connectivity index (χ4n) is 3.13. The second-order valence-corrected chi connectivity index (χ2v) is 5.76. The molecule has 0 aromatic carbocycles. The molecule has 3 nitrogen and oxygen atoms in total. The number of unbranched alkanes of at least 4 members (excludes halogenated alkanes) is 1. The second kappa shape index (κ2) is 8.34. The standard InChI is InChI=1S/C16H28O3/c1-4-6-10-14(16(18)19-3)15(17)13-9-7-8-12(5-2)11-13/h12-14H,4-11H2,1-3H3. The first kappa shape index (κ1) is 16.2. The van der Waals surface area contributed by atoms with E-state index >= 15 is 0 Å². The molecule has 1 aliphatic carbocycles. The number of carbonyl (C=O) groups excluding carboxylic acids is 2. The van der Waals surface area contributed by atoms with Gasteiger partial charge in [-0.25, -0.2) is 0 Å². The minimum absolute atomic E-state index is 0.0830. The highest BCUT2D eigenvalue weighted by atomic mass is 16.5. The van der Waals surface area contributed by atoms with Gasteiger partial charge in [-0.3, -0.25) is 9.59 Å². The van der Waals surface area contributed by atoms with E-state index in [0.29, 0.717) is 12.3 Å². The van der Waals surface area contributed by atoms with Crippen molar-refractivity contribution >= 4 is 11.8 Å². The van der Waals surface area contributed by atoms with Crippen LogP contribution in [0.1, 0.15) is 65.2 Å². The quantitative estimate of drug-likeness (QED) is 0.521. The molecule has 110 valence electrons. The van der Waals surface area contributed by atoms with Crippen LogP contribution in [0.25, 0.3) is 0 Å². The SMILES string of the molecule is CCCCC(C(=O)OC)C(=O)C1CCCC(CC)C1. The topological polar surface area (TPSA) is 43.4 Å². The van der Waals surface area contributed by atoms with E-state index in [1.165, 1.54) is 13.5 Å². The molecule has 0 aromatic heterocycles. The van der Waals surface area contributed by atoms with E-state index in [0.717, 1.165) is 38.5 Å². The molecule has 0 radical (unpaired) electrons. The van der Waals surface area contributed by atoms with Gasteiger partial charge < -0.3 is 4.74 Å². The Morgan fingerprint density at radius 3 is 2.58 bits per heavy atom. The van der Waals surface area contributed by atoms with E-state index in [9.17, 15) is 9.59 Å². The lowest BCUT2D eigenvalue weighted by Gasteiger charge is -2.29. The molecule has 0 bridgehead atoms. The fourth-order valence-corrected chi connectivity index (χ4v) is 3.13. The van der Waals surface area contributed by atoms with Gasteiger partial charge in [0.1, 0.15) is 11.7 Å². The summed E-state index contributed by atoms with van der Waals surface area (Å²) >= 11 is 0. The molecule has 1 fully saturated rings. The van der Waals surface area contributed by atoms with Gasteiger partial charge in [-0.05, 0) is 25.2 Å². The summed E-state index contributed by atoms with van der Waals surface area (Å²) in [5.74, 6) is 0.0212. The number of methoxy groups -OCH3 is 1. The third-order valence-electron chi connectivity index (χ3n) is 4.44. The third-order valence-corrected chi connectivity index (χ3v) is 4.44. The summed E-state index contributed by atoms with van der Waals surface area (Å²) in [5.41, 5.74) is 0. The molecule has 0 heterocycles. The molecule has 1 rings (SSSR count). The minimum Gasteiger partial charge on any atom is -0.468 e. The zero-order valence-electron chi connectivity index (χ0n) is 12.6. The summed E-state index contributed by atoms with van der Waals surface area (Å²) in [6.07, 6.45) is 7.98. The number of carbonyl (C=O) groups is 2. The summed E-state index contributed by atoms with van der Waals surface area (Å²) in [6, 6.07) is 0. The molecule has 0 aliphatic heterocycles. The van der Waals surface area contributed by atoms with E-state index in [1.54, 1.807) is 0 Å². The van der Waals surface area contributed by atoms with Gasteiger partial charge in [0.15, 0.2) is 0 Å². The first-order valence-electron chi connectivity index (χ1n) is 7.75. The van der Waals surface area contributed by atoms with Gasteiger partial charge in [-0.1, -0.05) is 46.0 Å². The summed E-state index contributed by atoms with van der Waals surface area (Å²) in [7, 11) is 1.38. The van der Waals surface area contributed by atoms with E-state index in [1.807, 2.05) is 0 Å². The number of esters is 1. The van der Waals surface area contributed by atoms with Gasteiger partial charge in [0, 0.05) is 5.92 Å². The molecule has 0 saturated heterocycles. The normalized spacial score (nSPS) is 24.8. The molecule has 0 amide bonds. The van der Waals surface area contributed by atoms with Crippen molar-refractivity contribution in [1.82, 2.24) is 0 Å². The third kappa shape index (κ3) is 4.63. The molecule has 3 atom stereocenters. The number of hydrogen-bond acceptors (Lipinski definition) is 3. The summed E-state index contributed by atoms with van der Waals surface area (Å²) in [5, 5.41) is 0. The Morgan fingerprint density at radius 1 is 1.26 bits per heavy atom. The van der Waals surface area contributed by atoms with Gasteiger partial charge in [-0.15, -0.1) is 0 Å². The molecule has 1 aliphatic rings. The molecule has 3 heteroatoms. The predicted molar refractivity (Wildman–Crippen MR) is 75.8 cm³/mol. The highest BCUT2D eigenvalue weighted by Crippen LogP contribution is 2.33. The van der Waals surface area contributed by atoms with E-state index < -0.39 is 5.92 Å². The van der Waals surface area contributed by atoms with Crippen molar-refractivity contribution in [1.29, 1.82) is 0 Å².